The van der Waals surface area contributed by atoms with Gasteiger partial charge in [0.2, 0.25) is 5.91 Å². The highest BCUT2D eigenvalue weighted by atomic mass is 16.2. The number of nitrogens with one attached hydrogen (secondary N) is 2. The molecule has 0 unspecified atom stereocenters. The summed E-state index contributed by atoms with van der Waals surface area (Å²) in [6.07, 6.45) is 5.27. The number of carbonyl (C=O) groups is 1. The lowest BCUT2D eigenvalue weighted by Crippen LogP contribution is -2.48. The van der Waals surface area contributed by atoms with E-state index in [-0.39, 0.29) is 11.4 Å². The lowest BCUT2D eigenvalue weighted by molar-refractivity contribution is -0.122. The van der Waals surface area contributed by atoms with Gasteiger partial charge in [0.1, 0.15) is 0 Å². The topological polar surface area (TPSA) is 41.1 Å². The van der Waals surface area contributed by atoms with Crippen molar-refractivity contribution in [2.75, 3.05) is 0 Å². The number of hydrogen-bond acceptors (Lipinski definition) is 2. The van der Waals surface area contributed by atoms with Crippen LogP contribution in [0.25, 0.3) is 0 Å². The fourth-order valence-corrected chi connectivity index (χ4v) is 1.33. The zero-order valence-corrected chi connectivity index (χ0v) is 11.5. The Labute approximate surface area is 100 Å². The maximum atomic E-state index is 11.4. The molecule has 0 aromatic rings. The molecule has 0 aliphatic heterocycles. The van der Waals surface area contributed by atoms with Crippen molar-refractivity contribution < 1.29 is 4.79 Å². The maximum Gasteiger partial charge on any atom is 0.234 e. The Morgan fingerprint density at radius 1 is 1.12 bits per heavy atom. The molecule has 0 aromatic heterocycles. The van der Waals surface area contributed by atoms with Crippen LogP contribution in [-0.2, 0) is 4.79 Å². The van der Waals surface area contributed by atoms with Gasteiger partial charge < -0.3 is 0 Å². The molecule has 0 bridgehead atoms. The molecule has 3 nitrogen and oxygen atoms in total. The Kier molecular flexibility index (Phi) is 7.39. The largest absolute Gasteiger partial charge is 0.291 e. The third-order valence-corrected chi connectivity index (χ3v) is 2.26. The second kappa shape index (κ2) is 7.66. The van der Waals surface area contributed by atoms with Gasteiger partial charge in [0.25, 0.3) is 0 Å². The predicted molar refractivity (Wildman–Crippen MR) is 69.0 cm³/mol. The summed E-state index contributed by atoms with van der Waals surface area (Å²) in [4.78, 5) is 11.4. The molecule has 96 valence electrons. The molecule has 16 heavy (non-hydrogen) atoms. The average Bonchev–Trinajstić information content (AvgIpc) is 2.12. The van der Waals surface area contributed by atoms with E-state index < -0.39 is 0 Å². The van der Waals surface area contributed by atoms with Gasteiger partial charge in [-0.3, -0.25) is 10.2 Å². The van der Waals surface area contributed by atoms with E-state index in [1.807, 2.05) is 20.8 Å². The molecule has 0 heterocycles. The van der Waals surface area contributed by atoms with Gasteiger partial charge in [-0.25, -0.2) is 5.43 Å². The van der Waals surface area contributed by atoms with Crippen molar-refractivity contribution in [3.05, 3.63) is 0 Å². The second-order valence-electron chi connectivity index (χ2n) is 5.92. The van der Waals surface area contributed by atoms with Gasteiger partial charge in [0, 0.05) is 12.0 Å². The molecular formula is C13H28N2O. The first-order valence-corrected chi connectivity index (χ1v) is 6.37. The minimum absolute atomic E-state index is 0.0622. The highest BCUT2D eigenvalue weighted by Gasteiger charge is 2.10. The zero-order chi connectivity index (χ0) is 12.6. The standard InChI is InChI=1S/C13H28N2O/c1-11(2)9-7-6-8-10-12(16)14-15-13(3,4)5/h11,15H,6-10H2,1-5H3,(H,14,16). The Morgan fingerprint density at radius 3 is 2.25 bits per heavy atom. The van der Waals surface area contributed by atoms with E-state index in [9.17, 15) is 4.79 Å². The van der Waals surface area contributed by atoms with E-state index in [4.69, 9.17) is 0 Å². The van der Waals surface area contributed by atoms with Gasteiger partial charge in [-0.1, -0.05) is 33.1 Å². The van der Waals surface area contributed by atoms with Crippen LogP contribution in [0, 0.1) is 5.92 Å². The summed E-state index contributed by atoms with van der Waals surface area (Å²) in [6, 6.07) is 0. The van der Waals surface area contributed by atoms with Gasteiger partial charge in [-0.2, -0.15) is 0 Å². The number of rotatable bonds is 7. The number of hydrazine groups is 1. The van der Waals surface area contributed by atoms with Crippen molar-refractivity contribution in [3.63, 3.8) is 0 Å². The highest BCUT2D eigenvalue weighted by Crippen LogP contribution is 2.09. The quantitative estimate of drug-likeness (QED) is 0.519. The number of unbranched alkanes of at least 4 members (excludes halogenated alkanes) is 2. The minimum atomic E-state index is -0.0622. The normalized spacial score (nSPS) is 11.9. The Hall–Kier alpha value is -0.570. The first-order chi connectivity index (χ1) is 7.31. The van der Waals surface area contributed by atoms with Crippen LogP contribution in [0.15, 0.2) is 0 Å². The zero-order valence-electron chi connectivity index (χ0n) is 11.5. The molecule has 0 saturated carbocycles. The summed E-state index contributed by atoms with van der Waals surface area (Å²) < 4.78 is 0. The first kappa shape index (κ1) is 15.4. The molecule has 0 aliphatic carbocycles. The fourth-order valence-electron chi connectivity index (χ4n) is 1.33. The smallest absolute Gasteiger partial charge is 0.234 e. The number of hydrogen-bond donors (Lipinski definition) is 2. The summed E-state index contributed by atoms with van der Waals surface area (Å²) >= 11 is 0. The molecule has 0 atom stereocenters. The molecule has 0 aliphatic rings. The van der Waals surface area contributed by atoms with Crippen LogP contribution in [0.4, 0.5) is 0 Å². The minimum Gasteiger partial charge on any atom is -0.291 e. The van der Waals surface area contributed by atoms with Crippen molar-refractivity contribution in [2.45, 2.75) is 72.3 Å². The van der Waals surface area contributed by atoms with Crippen molar-refractivity contribution in [1.82, 2.24) is 10.9 Å². The Bertz CT molecular complexity index is 195. The highest BCUT2D eigenvalue weighted by molar-refractivity contribution is 5.75. The molecule has 3 heteroatoms. The third kappa shape index (κ3) is 11.5. The molecule has 0 rings (SSSR count). The molecule has 0 saturated heterocycles. The van der Waals surface area contributed by atoms with E-state index in [2.05, 4.69) is 24.7 Å². The molecule has 0 aromatic carbocycles. The van der Waals surface area contributed by atoms with E-state index in [0.717, 1.165) is 18.8 Å². The van der Waals surface area contributed by atoms with E-state index >= 15 is 0 Å². The summed E-state index contributed by atoms with van der Waals surface area (Å²) in [5.74, 6) is 0.871. The number of amides is 1. The molecule has 0 radical (unpaired) electrons. The summed E-state index contributed by atoms with van der Waals surface area (Å²) in [5, 5.41) is 0. The van der Waals surface area contributed by atoms with Crippen molar-refractivity contribution in [1.29, 1.82) is 0 Å². The molecule has 0 spiro atoms. The van der Waals surface area contributed by atoms with Gasteiger partial charge in [0.05, 0.1) is 0 Å². The molecular weight excluding hydrogens is 200 g/mol. The van der Waals surface area contributed by atoms with Gasteiger partial charge >= 0.3 is 0 Å². The molecule has 2 N–H and O–H groups in total. The predicted octanol–water partition coefficient (Wildman–Crippen LogP) is 3.01. The molecule has 0 fully saturated rings. The van der Waals surface area contributed by atoms with Crippen molar-refractivity contribution >= 4 is 5.91 Å². The van der Waals surface area contributed by atoms with Gasteiger partial charge in [-0.15, -0.1) is 0 Å². The lowest BCUT2D eigenvalue weighted by atomic mass is 10.0. The first-order valence-electron chi connectivity index (χ1n) is 6.37. The molecule has 1 amide bonds. The fraction of sp³-hybridized carbons (Fsp3) is 0.923. The third-order valence-electron chi connectivity index (χ3n) is 2.26. The average molecular weight is 228 g/mol. The summed E-state index contributed by atoms with van der Waals surface area (Å²) in [5.41, 5.74) is 5.65. The second-order valence-corrected chi connectivity index (χ2v) is 5.92. The Balaban J connectivity index is 3.38. The van der Waals surface area contributed by atoms with Crippen molar-refractivity contribution in [2.24, 2.45) is 5.92 Å². The SMILES string of the molecule is CC(C)CCCCCC(=O)NNC(C)(C)C. The van der Waals surface area contributed by atoms with Gasteiger partial charge in [0.15, 0.2) is 0 Å². The van der Waals surface area contributed by atoms with E-state index in [1.165, 1.54) is 12.8 Å². The van der Waals surface area contributed by atoms with Crippen LogP contribution in [0.1, 0.15) is 66.7 Å². The van der Waals surface area contributed by atoms with Gasteiger partial charge in [-0.05, 0) is 33.1 Å². The monoisotopic (exact) mass is 228 g/mol. The van der Waals surface area contributed by atoms with Crippen molar-refractivity contribution in [3.8, 4) is 0 Å². The van der Waals surface area contributed by atoms with Crippen LogP contribution < -0.4 is 10.9 Å². The lowest BCUT2D eigenvalue weighted by Gasteiger charge is -2.20. The maximum absolute atomic E-state index is 11.4. The Morgan fingerprint density at radius 2 is 1.75 bits per heavy atom. The van der Waals surface area contributed by atoms with Crippen LogP contribution in [0.2, 0.25) is 0 Å². The summed E-state index contributed by atoms with van der Waals surface area (Å²) in [6.45, 7) is 10.5. The number of carbonyl (C=O) groups excluding carboxylic acids is 1. The van der Waals surface area contributed by atoms with Crippen LogP contribution >= 0.6 is 0 Å². The van der Waals surface area contributed by atoms with Crippen LogP contribution in [-0.4, -0.2) is 11.4 Å². The van der Waals surface area contributed by atoms with Crippen LogP contribution in [0.3, 0.4) is 0 Å². The van der Waals surface area contributed by atoms with E-state index in [1.54, 1.807) is 0 Å². The summed E-state index contributed by atoms with van der Waals surface area (Å²) in [7, 11) is 0. The van der Waals surface area contributed by atoms with E-state index in [0.29, 0.717) is 6.42 Å². The van der Waals surface area contributed by atoms with Crippen LogP contribution in [0.5, 0.6) is 0 Å².